The summed E-state index contributed by atoms with van der Waals surface area (Å²) >= 11 is 3.33. The number of benzene rings is 3. The Labute approximate surface area is 187 Å². The molecule has 3 aromatic rings. The van der Waals surface area contributed by atoms with Crippen LogP contribution in [0.4, 0.5) is 10.5 Å². The lowest BCUT2D eigenvalue weighted by atomic mass is 9.96. The van der Waals surface area contributed by atoms with Crippen LogP contribution in [0.5, 0.6) is 5.75 Å². The van der Waals surface area contributed by atoms with Crippen LogP contribution in [0, 0.1) is 0 Å². The highest BCUT2D eigenvalue weighted by Gasteiger charge is 2.28. The summed E-state index contributed by atoms with van der Waals surface area (Å²) in [7, 11) is 1.39. The lowest BCUT2D eigenvalue weighted by molar-refractivity contribution is -0.131. The van der Waals surface area contributed by atoms with Gasteiger partial charge in [-0.25, -0.2) is 9.59 Å². The van der Waals surface area contributed by atoms with Crippen molar-refractivity contribution in [3.63, 3.8) is 0 Å². The van der Waals surface area contributed by atoms with Crippen LogP contribution < -0.4 is 5.32 Å². The molecule has 0 saturated heterocycles. The molecule has 31 heavy (non-hydrogen) atoms. The Kier molecular flexibility index (Phi) is 7.28. The number of hydrogen-bond acceptors (Lipinski definition) is 5. The molecule has 0 unspecified atom stereocenters. The van der Waals surface area contributed by atoms with Gasteiger partial charge in [-0.15, -0.1) is 0 Å². The number of aromatic hydroxyl groups is 1. The second-order valence-corrected chi connectivity index (χ2v) is 7.49. The zero-order valence-electron chi connectivity index (χ0n) is 16.5. The van der Waals surface area contributed by atoms with E-state index in [1.807, 2.05) is 0 Å². The van der Waals surface area contributed by atoms with Crippen molar-refractivity contribution in [2.75, 3.05) is 12.4 Å². The Balaban J connectivity index is 1.99. The number of halogens is 1. The second-order valence-electron chi connectivity index (χ2n) is 6.57. The third-order valence-electron chi connectivity index (χ3n) is 4.56. The highest BCUT2D eigenvalue weighted by molar-refractivity contribution is 9.10. The number of phenolic OH excluding ortho intramolecular Hbond substituents is 1. The topological polar surface area (TPSA) is 105 Å². The molecule has 2 atom stereocenters. The Morgan fingerprint density at radius 2 is 1.71 bits per heavy atom. The maximum Gasteiger partial charge on any atom is 0.412 e. The molecule has 1 amide bonds. The minimum Gasteiger partial charge on any atom is -0.507 e. The molecule has 0 aliphatic rings. The van der Waals surface area contributed by atoms with Crippen LogP contribution in [-0.2, 0) is 14.3 Å². The number of methoxy groups -OCH3 is 1. The molecular formula is C23H20BrNO6. The van der Waals surface area contributed by atoms with Crippen LogP contribution in [0.1, 0.15) is 11.7 Å². The van der Waals surface area contributed by atoms with Gasteiger partial charge in [0.2, 0.25) is 0 Å². The van der Waals surface area contributed by atoms with E-state index in [9.17, 15) is 14.7 Å². The SMILES string of the molecule is CO[C@@H](/C=C/C(=O)O)[C@@H](OC(=O)Nc1ccc(Br)cc1)c1ccc(O)c2ccccc12. The van der Waals surface area contributed by atoms with Gasteiger partial charge in [0.1, 0.15) is 11.9 Å². The van der Waals surface area contributed by atoms with Crippen molar-refractivity contribution in [3.8, 4) is 5.75 Å². The molecule has 0 saturated carbocycles. The van der Waals surface area contributed by atoms with Gasteiger partial charge in [-0.3, -0.25) is 5.32 Å². The molecule has 160 valence electrons. The molecule has 0 radical (unpaired) electrons. The predicted octanol–water partition coefficient (Wildman–Crippen LogP) is 5.25. The number of carbonyl (C=O) groups is 2. The van der Waals surface area contributed by atoms with Crippen molar-refractivity contribution in [2.45, 2.75) is 12.2 Å². The number of ether oxygens (including phenoxy) is 2. The number of anilines is 1. The van der Waals surface area contributed by atoms with E-state index in [4.69, 9.17) is 14.6 Å². The second kappa shape index (κ2) is 10.1. The standard InChI is InChI=1S/C23H20BrNO6/c1-30-20(12-13-21(27)28)22(31-23(29)25-15-8-6-14(24)7-9-15)18-10-11-19(26)17-5-3-2-4-16(17)18/h2-13,20,22,26H,1H3,(H,25,29)(H,27,28)/b13-12+/t20-,22-/m0/s1. The van der Waals surface area contributed by atoms with Crippen LogP contribution in [0.25, 0.3) is 10.8 Å². The number of hydrogen-bond donors (Lipinski definition) is 3. The third-order valence-corrected chi connectivity index (χ3v) is 5.09. The number of carbonyl (C=O) groups excluding carboxylic acids is 1. The van der Waals surface area contributed by atoms with E-state index in [0.717, 1.165) is 10.5 Å². The van der Waals surface area contributed by atoms with E-state index in [1.165, 1.54) is 19.3 Å². The third kappa shape index (κ3) is 5.62. The summed E-state index contributed by atoms with van der Waals surface area (Å²) in [5, 5.41) is 23.1. The van der Waals surface area contributed by atoms with Crippen LogP contribution in [-0.4, -0.2) is 35.5 Å². The zero-order valence-corrected chi connectivity index (χ0v) is 18.1. The van der Waals surface area contributed by atoms with Gasteiger partial charge < -0.3 is 19.7 Å². The number of amides is 1. The molecule has 3 rings (SSSR count). The molecule has 0 fully saturated rings. The van der Waals surface area contributed by atoms with Gasteiger partial charge in [-0.05, 0) is 41.8 Å². The van der Waals surface area contributed by atoms with Crippen LogP contribution in [0.3, 0.4) is 0 Å². The molecular weight excluding hydrogens is 466 g/mol. The minimum atomic E-state index is -1.16. The van der Waals surface area contributed by atoms with Crippen molar-refractivity contribution in [1.29, 1.82) is 0 Å². The summed E-state index contributed by atoms with van der Waals surface area (Å²) in [5.74, 6) is -1.08. The van der Waals surface area contributed by atoms with E-state index in [2.05, 4.69) is 21.2 Å². The fourth-order valence-corrected chi connectivity index (χ4v) is 3.40. The van der Waals surface area contributed by atoms with Crippen molar-refractivity contribution >= 4 is 44.5 Å². The normalized spacial score (nSPS) is 13.1. The molecule has 0 spiro atoms. The highest BCUT2D eigenvalue weighted by atomic mass is 79.9. The van der Waals surface area contributed by atoms with Crippen LogP contribution in [0.15, 0.2) is 77.3 Å². The quantitative estimate of drug-likeness (QED) is 0.394. The average molecular weight is 486 g/mol. The summed E-state index contributed by atoms with van der Waals surface area (Å²) in [6.45, 7) is 0. The molecule has 3 aromatic carbocycles. The van der Waals surface area contributed by atoms with Crippen molar-refractivity contribution in [1.82, 2.24) is 0 Å². The molecule has 0 heterocycles. The van der Waals surface area contributed by atoms with E-state index in [-0.39, 0.29) is 5.75 Å². The summed E-state index contributed by atoms with van der Waals surface area (Å²) in [4.78, 5) is 23.7. The van der Waals surface area contributed by atoms with Crippen LogP contribution >= 0.6 is 15.9 Å². The fraction of sp³-hybridized carbons (Fsp3) is 0.130. The molecule has 7 nitrogen and oxygen atoms in total. The van der Waals surface area contributed by atoms with E-state index in [0.29, 0.717) is 22.0 Å². The van der Waals surface area contributed by atoms with Gasteiger partial charge in [-0.2, -0.15) is 0 Å². The van der Waals surface area contributed by atoms with E-state index < -0.39 is 24.3 Å². The van der Waals surface area contributed by atoms with Crippen LogP contribution in [0.2, 0.25) is 0 Å². The Morgan fingerprint density at radius 1 is 1.03 bits per heavy atom. The first-order chi connectivity index (χ1) is 14.9. The van der Waals surface area contributed by atoms with Gasteiger partial charge in [-0.1, -0.05) is 46.3 Å². The van der Waals surface area contributed by atoms with Gasteiger partial charge in [0.15, 0.2) is 6.10 Å². The number of phenols is 1. The zero-order chi connectivity index (χ0) is 22.4. The Bertz CT molecular complexity index is 1110. The Morgan fingerprint density at radius 3 is 2.35 bits per heavy atom. The summed E-state index contributed by atoms with van der Waals surface area (Å²) in [6, 6.07) is 17.2. The lowest BCUT2D eigenvalue weighted by Gasteiger charge is -2.25. The summed E-state index contributed by atoms with van der Waals surface area (Å²) < 4.78 is 12.0. The first-order valence-electron chi connectivity index (χ1n) is 9.26. The smallest absolute Gasteiger partial charge is 0.412 e. The van der Waals surface area contributed by atoms with Crippen molar-refractivity contribution in [3.05, 3.63) is 82.9 Å². The van der Waals surface area contributed by atoms with Crippen molar-refractivity contribution < 1.29 is 29.3 Å². The minimum absolute atomic E-state index is 0.0764. The van der Waals surface area contributed by atoms with E-state index >= 15 is 0 Å². The van der Waals surface area contributed by atoms with Gasteiger partial charge in [0.25, 0.3) is 0 Å². The molecule has 0 aliphatic carbocycles. The van der Waals surface area contributed by atoms with E-state index in [1.54, 1.807) is 54.6 Å². The number of fused-ring (bicyclic) bond motifs is 1. The first kappa shape index (κ1) is 22.3. The van der Waals surface area contributed by atoms with Gasteiger partial charge in [0.05, 0.1) is 0 Å². The number of aliphatic carboxylic acids is 1. The monoisotopic (exact) mass is 485 g/mol. The van der Waals surface area contributed by atoms with Gasteiger partial charge >= 0.3 is 12.1 Å². The summed E-state index contributed by atoms with van der Waals surface area (Å²) in [5.41, 5.74) is 1.08. The highest BCUT2D eigenvalue weighted by Crippen LogP contribution is 2.35. The number of nitrogens with one attached hydrogen (secondary N) is 1. The molecule has 0 aliphatic heterocycles. The average Bonchev–Trinajstić information content (AvgIpc) is 2.75. The summed E-state index contributed by atoms with van der Waals surface area (Å²) in [6.07, 6.45) is -0.377. The maximum absolute atomic E-state index is 12.7. The fourth-order valence-electron chi connectivity index (χ4n) is 3.14. The Hall–Kier alpha value is -3.36. The van der Waals surface area contributed by atoms with Crippen molar-refractivity contribution in [2.24, 2.45) is 0 Å². The number of carboxylic acid groups (broad SMARTS) is 1. The van der Waals surface area contributed by atoms with Gasteiger partial charge in [0, 0.05) is 34.3 Å². The molecule has 8 heteroatoms. The largest absolute Gasteiger partial charge is 0.507 e. The number of carboxylic acids is 1. The predicted molar refractivity (Wildman–Crippen MR) is 120 cm³/mol. The maximum atomic E-state index is 12.7. The first-order valence-corrected chi connectivity index (χ1v) is 10.1. The molecule has 0 aromatic heterocycles. The number of rotatable bonds is 7. The lowest BCUT2D eigenvalue weighted by Crippen LogP contribution is -2.27. The molecule has 3 N–H and O–H groups in total. The molecule has 0 bridgehead atoms.